The molecule has 0 bridgehead atoms. The molecule has 0 aromatic heterocycles. The van der Waals surface area contributed by atoms with Gasteiger partial charge in [-0.05, 0) is 13.8 Å². The first kappa shape index (κ1) is 10.5. The second-order valence-electron chi connectivity index (χ2n) is 3.46. The van der Waals surface area contributed by atoms with Crippen LogP contribution in [0.2, 0.25) is 0 Å². The highest BCUT2D eigenvalue weighted by atomic mass is 16.5. The van der Waals surface area contributed by atoms with Crippen molar-refractivity contribution >= 4 is 13.3 Å². The molecule has 1 aliphatic rings. The monoisotopic (exact) mass is 183 g/mol. The summed E-state index contributed by atoms with van der Waals surface area (Å²) < 4.78 is 4.59. The van der Waals surface area contributed by atoms with Gasteiger partial charge >= 0.3 is 7.41 Å². The van der Waals surface area contributed by atoms with Gasteiger partial charge in [0.25, 0.3) is 5.87 Å². The number of ether oxygens (including phenoxy) is 1. The average Bonchev–Trinajstić information content (AvgIpc) is 2.11. The predicted molar refractivity (Wildman–Crippen MR) is 51.8 cm³/mol. The minimum atomic E-state index is -0.277. The Labute approximate surface area is 79.9 Å². The molecule has 13 heavy (non-hydrogen) atoms. The molecule has 73 valence electrons. The molecule has 0 spiro atoms. The molecule has 1 fully saturated rings. The van der Waals surface area contributed by atoms with Crippen molar-refractivity contribution in [1.82, 2.24) is 10.1 Å². The summed E-state index contributed by atoms with van der Waals surface area (Å²) in [6.07, 6.45) is 0. The van der Waals surface area contributed by atoms with Crippen molar-refractivity contribution < 1.29 is 9.53 Å². The van der Waals surface area contributed by atoms with Crippen molar-refractivity contribution in [2.45, 2.75) is 25.9 Å². The fourth-order valence-electron chi connectivity index (χ4n) is 1.58. The topological polar surface area (TPSA) is 41.6 Å². The van der Waals surface area contributed by atoms with E-state index in [9.17, 15) is 4.79 Å². The van der Waals surface area contributed by atoms with E-state index in [0.717, 1.165) is 13.1 Å². The normalized spacial score (nSPS) is 29.8. The molecule has 0 aliphatic carbocycles. The fourth-order valence-corrected chi connectivity index (χ4v) is 1.58. The minimum absolute atomic E-state index is 0.277. The second-order valence-corrected chi connectivity index (χ2v) is 3.46. The van der Waals surface area contributed by atoms with Gasteiger partial charge in [0, 0.05) is 25.2 Å². The van der Waals surface area contributed by atoms with Gasteiger partial charge < -0.3 is 14.9 Å². The van der Waals surface area contributed by atoms with Gasteiger partial charge in [-0.2, -0.15) is 0 Å². The third kappa shape index (κ3) is 2.71. The van der Waals surface area contributed by atoms with E-state index in [0.29, 0.717) is 12.1 Å². The van der Waals surface area contributed by atoms with Crippen molar-refractivity contribution in [3.63, 3.8) is 0 Å². The van der Waals surface area contributed by atoms with Crippen LogP contribution in [0.1, 0.15) is 13.8 Å². The van der Waals surface area contributed by atoms with Crippen molar-refractivity contribution in [2.24, 2.45) is 0 Å². The van der Waals surface area contributed by atoms with Crippen LogP contribution in [0.15, 0.2) is 0 Å². The molecule has 2 atom stereocenters. The fraction of sp³-hybridized carbons (Fsp3) is 0.875. The van der Waals surface area contributed by atoms with Gasteiger partial charge in [0.2, 0.25) is 0 Å². The van der Waals surface area contributed by atoms with Crippen molar-refractivity contribution in [1.29, 1.82) is 0 Å². The third-order valence-corrected chi connectivity index (χ3v) is 2.35. The van der Waals surface area contributed by atoms with Crippen LogP contribution in [-0.2, 0) is 4.74 Å². The zero-order valence-electron chi connectivity index (χ0n) is 8.41. The van der Waals surface area contributed by atoms with E-state index < -0.39 is 0 Å². The number of rotatable bonds is 2. The number of nitrogens with zero attached hydrogens (tertiary/aromatic N) is 1. The molecule has 4 nitrogen and oxygen atoms in total. The van der Waals surface area contributed by atoms with Crippen LogP contribution in [-0.4, -0.2) is 50.4 Å². The SMILES string of the molecule is COC(=O)[B]N1C(C)CNC[C@H]1C. The first-order chi connectivity index (χ1) is 6.15. The number of carbonyl (C=O) groups is 1. The number of methoxy groups -OCH3 is 1. The lowest BCUT2D eigenvalue weighted by Crippen LogP contribution is -2.57. The Hall–Kier alpha value is -0.545. The van der Waals surface area contributed by atoms with E-state index >= 15 is 0 Å². The van der Waals surface area contributed by atoms with E-state index in [1.165, 1.54) is 7.11 Å². The Morgan fingerprint density at radius 1 is 1.46 bits per heavy atom. The molecule has 1 rings (SSSR count). The molecule has 1 heterocycles. The van der Waals surface area contributed by atoms with Gasteiger partial charge in [0.15, 0.2) is 0 Å². The predicted octanol–water partition coefficient (Wildman–Crippen LogP) is 0.0542. The lowest BCUT2D eigenvalue weighted by atomic mass is 9.86. The van der Waals surface area contributed by atoms with Crippen molar-refractivity contribution in [3.8, 4) is 0 Å². The standard InChI is InChI=1S/C8H16BN2O2/c1-6-4-10-5-7(2)11(6)9-8(12)13-3/h6-7,10H,4-5H2,1-3H3/t6-,7?/m1/s1. The molecular weight excluding hydrogens is 167 g/mol. The maximum atomic E-state index is 11.0. The first-order valence-corrected chi connectivity index (χ1v) is 4.56. The van der Waals surface area contributed by atoms with Gasteiger partial charge in [0.05, 0.1) is 7.11 Å². The summed E-state index contributed by atoms with van der Waals surface area (Å²) in [6, 6.07) is 0.700. The number of piperazine rings is 1. The molecule has 1 aliphatic heterocycles. The maximum absolute atomic E-state index is 11.0. The lowest BCUT2D eigenvalue weighted by molar-refractivity contribution is 0.184. The van der Waals surface area contributed by atoms with Gasteiger partial charge in [-0.1, -0.05) is 0 Å². The zero-order chi connectivity index (χ0) is 9.84. The van der Waals surface area contributed by atoms with Crippen LogP contribution in [0.5, 0.6) is 0 Å². The van der Waals surface area contributed by atoms with Crippen LogP contribution in [0.25, 0.3) is 0 Å². The molecule has 0 amide bonds. The largest absolute Gasteiger partial charge is 0.476 e. The smallest absolute Gasteiger partial charge is 0.357 e. The number of hydrogen-bond acceptors (Lipinski definition) is 4. The van der Waals surface area contributed by atoms with Gasteiger partial charge in [0.1, 0.15) is 0 Å². The van der Waals surface area contributed by atoms with E-state index in [1.807, 2.05) is 4.81 Å². The first-order valence-electron chi connectivity index (χ1n) is 4.56. The van der Waals surface area contributed by atoms with E-state index in [1.54, 1.807) is 7.41 Å². The van der Waals surface area contributed by atoms with Crippen molar-refractivity contribution in [3.05, 3.63) is 0 Å². The highest BCUT2D eigenvalue weighted by Gasteiger charge is 2.27. The summed E-state index contributed by atoms with van der Waals surface area (Å²) in [5, 5.41) is 3.29. The minimum Gasteiger partial charge on any atom is -0.476 e. The van der Waals surface area contributed by atoms with E-state index in [-0.39, 0.29) is 5.87 Å². The highest BCUT2D eigenvalue weighted by molar-refractivity contribution is 6.69. The molecular formula is C8H16BN2O2. The molecule has 0 saturated carbocycles. The Balaban J connectivity index is 2.48. The average molecular weight is 183 g/mol. The lowest BCUT2D eigenvalue weighted by Gasteiger charge is -2.38. The Bertz CT molecular complexity index is 179. The third-order valence-electron chi connectivity index (χ3n) is 2.35. The Morgan fingerprint density at radius 3 is 2.46 bits per heavy atom. The second kappa shape index (κ2) is 4.62. The number of nitrogens with one attached hydrogen (secondary N) is 1. The zero-order valence-corrected chi connectivity index (χ0v) is 8.41. The summed E-state index contributed by atoms with van der Waals surface area (Å²) in [5.74, 6) is -0.277. The van der Waals surface area contributed by atoms with Gasteiger partial charge in [-0.3, -0.25) is 4.79 Å². The number of hydrogen-bond donors (Lipinski definition) is 1. The number of carbonyl (C=O) groups excluding carboxylic acids is 1. The summed E-state index contributed by atoms with van der Waals surface area (Å²) >= 11 is 0. The van der Waals surface area contributed by atoms with Gasteiger partial charge in [-0.15, -0.1) is 0 Å². The molecule has 1 unspecified atom stereocenters. The quantitative estimate of drug-likeness (QED) is 0.614. The highest BCUT2D eigenvalue weighted by Crippen LogP contribution is 2.07. The summed E-state index contributed by atoms with van der Waals surface area (Å²) in [6.45, 7) is 6.00. The molecule has 0 aromatic carbocycles. The van der Waals surface area contributed by atoms with Crippen LogP contribution < -0.4 is 5.32 Å². The summed E-state index contributed by atoms with van der Waals surface area (Å²) in [4.78, 5) is 13.1. The molecule has 5 heteroatoms. The Kier molecular flexibility index (Phi) is 3.75. The summed E-state index contributed by atoms with van der Waals surface area (Å²) in [5.41, 5.74) is 0. The van der Waals surface area contributed by atoms with Crippen LogP contribution in [0, 0.1) is 0 Å². The van der Waals surface area contributed by atoms with E-state index in [4.69, 9.17) is 0 Å². The van der Waals surface area contributed by atoms with Crippen LogP contribution in [0.4, 0.5) is 4.79 Å². The molecule has 1 radical (unpaired) electrons. The van der Waals surface area contributed by atoms with Gasteiger partial charge in [-0.25, -0.2) is 0 Å². The molecule has 1 saturated heterocycles. The van der Waals surface area contributed by atoms with Crippen LogP contribution >= 0.6 is 0 Å². The molecule has 0 aromatic rings. The Morgan fingerprint density at radius 2 is 2.00 bits per heavy atom. The van der Waals surface area contributed by atoms with E-state index in [2.05, 4.69) is 23.9 Å². The summed E-state index contributed by atoms with van der Waals surface area (Å²) in [7, 11) is 2.95. The van der Waals surface area contributed by atoms with Crippen molar-refractivity contribution in [2.75, 3.05) is 20.2 Å². The maximum Gasteiger partial charge on any atom is 0.357 e. The molecule has 1 N–H and O–H groups in total. The van der Waals surface area contributed by atoms with Crippen LogP contribution in [0.3, 0.4) is 0 Å².